The van der Waals surface area contributed by atoms with Crippen LogP contribution in [0, 0.1) is 11.8 Å². The number of nitrogens with one attached hydrogen (secondary N) is 1. The van der Waals surface area contributed by atoms with Gasteiger partial charge >= 0.3 is 0 Å². The minimum absolute atomic E-state index is 0.637. The van der Waals surface area contributed by atoms with Crippen LogP contribution in [0.3, 0.4) is 0 Å². The lowest BCUT2D eigenvalue weighted by Gasteiger charge is -2.31. The molecule has 1 aliphatic carbocycles. The van der Waals surface area contributed by atoms with Crippen LogP contribution in [-0.2, 0) is 6.54 Å². The van der Waals surface area contributed by atoms with Gasteiger partial charge in [0.25, 0.3) is 0 Å². The fourth-order valence-corrected chi connectivity index (χ4v) is 3.16. The Morgan fingerprint density at radius 2 is 2.16 bits per heavy atom. The molecule has 1 heterocycles. The van der Waals surface area contributed by atoms with Crippen molar-refractivity contribution < 1.29 is 0 Å². The van der Waals surface area contributed by atoms with Crippen LogP contribution in [0.1, 0.15) is 64.6 Å². The summed E-state index contributed by atoms with van der Waals surface area (Å²) in [5, 5.41) is 8.25. The van der Waals surface area contributed by atoms with Crippen LogP contribution >= 0.6 is 0 Å². The van der Waals surface area contributed by atoms with Gasteiger partial charge in [-0.1, -0.05) is 40.0 Å². The molecular weight excluding hydrogens is 234 g/mol. The quantitative estimate of drug-likeness (QED) is 0.846. The fraction of sp³-hybridized carbons (Fsp3) is 0.812. The number of hydrogen-bond acceptors (Lipinski definition) is 2. The molecular formula is C16H29N3. The van der Waals surface area contributed by atoms with E-state index in [4.69, 9.17) is 5.10 Å². The van der Waals surface area contributed by atoms with Crippen LogP contribution in [-0.4, -0.2) is 16.3 Å². The smallest absolute Gasteiger partial charge is 0.0762 e. The maximum atomic E-state index is 4.78. The van der Waals surface area contributed by atoms with Gasteiger partial charge in [0.2, 0.25) is 0 Å². The van der Waals surface area contributed by atoms with Crippen molar-refractivity contribution in [3.63, 3.8) is 0 Å². The molecule has 0 spiro atoms. The number of aromatic nitrogens is 2. The molecule has 0 radical (unpaired) electrons. The summed E-state index contributed by atoms with van der Waals surface area (Å²) in [6.45, 7) is 8.75. The topological polar surface area (TPSA) is 29.9 Å². The minimum atomic E-state index is 0.637. The van der Waals surface area contributed by atoms with Crippen molar-refractivity contribution in [2.75, 3.05) is 6.54 Å². The van der Waals surface area contributed by atoms with Gasteiger partial charge < -0.3 is 5.32 Å². The van der Waals surface area contributed by atoms with Crippen molar-refractivity contribution in [2.45, 2.75) is 65.5 Å². The summed E-state index contributed by atoms with van der Waals surface area (Å²) < 4.78 is 2.24. The normalized spacial score (nSPS) is 24.0. The molecule has 0 saturated heterocycles. The van der Waals surface area contributed by atoms with E-state index >= 15 is 0 Å². The van der Waals surface area contributed by atoms with Crippen LogP contribution in [0.5, 0.6) is 0 Å². The van der Waals surface area contributed by atoms with Crippen molar-refractivity contribution in [3.05, 3.63) is 18.0 Å². The molecule has 108 valence electrons. The lowest BCUT2D eigenvalue weighted by atomic mass is 9.83. The second-order valence-corrected chi connectivity index (χ2v) is 6.33. The van der Waals surface area contributed by atoms with Crippen molar-refractivity contribution in [1.29, 1.82) is 0 Å². The van der Waals surface area contributed by atoms with Crippen molar-refractivity contribution in [2.24, 2.45) is 11.8 Å². The minimum Gasteiger partial charge on any atom is -0.311 e. The maximum absolute atomic E-state index is 4.78. The number of hydrogen-bond donors (Lipinski definition) is 1. The van der Waals surface area contributed by atoms with Crippen molar-refractivity contribution in [1.82, 2.24) is 15.1 Å². The highest BCUT2D eigenvalue weighted by molar-refractivity contribution is 5.00. The highest BCUT2D eigenvalue weighted by Gasteiger charge is 2.25. The Bertz CT molecular complexity index is 370. The van der Waals surface area contributed by atoms with Crippen LogP contribution in [0.2, 0.25) is 0 Å². The van der Waals surface area contributed by atoms with Crippen molar-refractivity contribution >= 4 is 0 Å². The molecule has 2 unspecified atom stereocenters. The van der Waals surface area contributed by atoms with Gasteiger partial charge in [-0.25, -0.2) is 0 Å². The first-order chi connectivity index (χ1) is 9.20. The Morgan fingerprint density at radius 3 is 2.89 bits per heavy atom. The zero-order valence-electron chi connectivity index (χ0n) is 12.7. The summed E-state index contributed by atoms with van der Waals surface area (Å²) in [5.41, 5.74) is 1.18. The zero-order valence-corrected chi connectivity index (χ0v) is 12.7. The molecule has 1 saturated carbocycles. The SMILES string of the molecule is CCC1CCCCC1n1ccc(CNCC(C)C)n1. The average Bonchev–Trinajstić information content (AvgIpc) is 2.87. The Morgan fingerprint density at radius 1 is 1.37 bits per heavy atom. The highest BCUT2D eigenvalue weighted by atomic mass is 15.3. The van der Waals surface area contributed by atoms with Gasteiger partial charge in [-0.15, -0.1) is 0 Å². The van der Waals surface area contributed by atoms with Gasteiger partial charge in [0.15, 0.2) is 0 Å². The van der Waals surface area contributed by atoms with E-state index in [1.165, 1.54) is 37.8 Å². The van der Waals surface area contributed by atoms with E-state index in [0.717, 1.165) is 19.0 Å². The van der Waals surface area contributed by atoms with Crippen LogP contribution in [0.4, 0.5) is 0 Å². The van der Waals surface area contributed by atoms with Gasteiger partial charge in [-0.3, -0.25) is 4.68 Å². The van der Waals surface area contributed by atoms with Gasteiger partial charge in [0, 0.05) is 12.7 Å². The van der Waals surface area contributed by atoms with E-state index in [-0.39, 0.29) is 0 Å². The summed E-state index contributed by atoms with van der Waals surface area (Å²) in [6.07, 6.45) is 8.92. The Balaban J connectivity index is 1.91. The standard InChI is InChI=1S/C16H29N3/c1-4-14-7-5-6-8-16(14)19-10-9-15(18-19)12-17-11-13(2)3/h9-10,13-14,16-17H,4-8,11-12H2,1-3H3. The first-order valence-electron chi connectivity index (χ1n) is 7.95. The first kappa shape index (κ1) is 14.6. The average molecular weight is 263 g/mol. The van der Waals surface area contributed by atoms with E-state index in [1.807, 2.05) is 0 Å². The molecule has 2 rings (SSSR count). The summed E-state index contributed by atoms with van der Waals surface area (Å²) in [5.74, 6) is 1.52. The largest absolute Gasteiger partial charge is 0.311 e. The second-order valence-electron chi connectivity index (χ2n) is 6.33. The molecule has 1 aromatic heterocycles. The molecule has 1 N–H and O–H groups in total. The van der Waals surface area contributed by atoms with Crippen LogP contribution in [0.25, 0.3) is 0 Å². The summed E-state index contributed by atoms with van der Waals surface area (Å²) in [7, 11) is 0. The molecule has 0 amide bonds. The van der Waals surface area contributed by atoms with Crippen LogP contribution < -0.4 is 5.32 Å². The molecule has 1 aliphatic rings. The van der Waals surface area contributed by atoms with E-state index < -0.39 is 0 Å². The monoisotopic (exact) mass is 263 g/mol. The van der Waals surface area contributed by atoms with Gasteiger partial charge in [0.05, 0.1) is 11.7 Å². The van der Waals surface area contributed by atoms with Gasteiger partial charge in [0.1, 0.15) is 0 Å². The second kappa shape index (κ2) is 7.09. The zero-order chi connectivity index (χ0) is 13.7. The lowest BCUT2D eigenvalue weighted by molar-refractivity contribution is 0.216. The van der Waals surface area contributed by atoms with E-state index in [2.05, 4.69) is 43.0 Å². The molecule has 0 aliphatic heterocycles. The van der Waals surface area contributed by atoms with E-state index in [1.54, 1.807) is 0 Å². The van der Waals surface area contributed by atoms with Gasteiger partial charge in [-0.05, 0) is 37.3 Å². The molecule has 19 heavy (non-hydrogen) atoms. The first-order valence-corrected chi connectivity index (χ1v) is 7.95. The Labute approximate surface area is 117 Å². The molecule has 2 atom stereocenters. The Hall–Kier alpha value is -0.830. The predicted molar refractivity (Wildman–Crippen MR) is 80.1 cm³/mol. The maximum Gasteiger partial charge on any atom is 0.0762 e. The van der Waals surface area contributed by atoms with E-state index in [0.29, 0.717) is 12.0 Å². The third-order valence-electron chi connectivity index (χ3n) is 4.26. The van der Waals surface area contributed by atoms with Crippen LogP contribution in [0.15, 0.2) is 12.3 Å². The summed E-state index contributed by atoms with van der Waals surface area (Å²) in [4.78, 5) is 0. The molecule has 0 aromatic carbocycles. The van der Waals surface area contributed by atoms with E-state index in [9.17, 15) is 0 Å². The Kier molecular flexibility index (Phi) is 5.44. The molecule has 0 bridgehead atoms. The predicted octanol–water partition coefficient (Wildman–Crippen LogP) is 3.77. The third-order valence-corrected chi connectivity index (χ3v) is 4.26. The third kappa shape index (κ3) is 4.07. The molecule has 3 nitrogen and oxygen atoms in total. The highest BCUT2D eigenvalue weighted by Crippen LogP contribution is 2.35. The number of nitrogens with zero attached hydrogens (tertiary/aromatic N) is 2. The lowest BCUT2D eigenvalue weighted by Crippen LogP contribution is -2.24. The molecule has 1 fully saturated rings. The van der Waals surface area contributed by atoms with Crippen molar-refractivity contribution in [3.8, 4) is 0 Å². The molecule has 3 heteroatoms. The summed E-state index contributed by atoms with van der Waals surface area (Å²) in [6, 6.07) is 2.81. The number of rotatable bonds is 6. The summed E-state index contributed by atoms with van der Waals surface area (Å²) >= 11 is 0. The fourth-order valence-electron chi connectivity index (χ4n) is 3.16. The van der Waals surface area contributed by atoms with Gasteiger partial charge in [-0.2, -0.15) is 5.10 Å². The molecule has 1 aromatic rings.